The lowest BCUT2D eigenvalue weighted by atomic mass is 10.0. The van der Waals surface area contributed by atoms with Crippen molar-refractivity contribution in [2.24, 2.45) is 7.05 Å². The van der Waals surface area contributed by atoms with Gasteiger partial charge in [0.25, 0.3) is 0 Å². The molecule has 0 amide bonds. The summed E-state index contributed by atoms with van der Waals surface area (Å²) in [5.74, 6) is 0.194. The van der Waals surface area contributed by atoms with Crippen molar-refractivity contribution in [3.05, 3.63) is 53.1 Å². The lowest BCUT2D eigenvalue weighted by molar-refractivity contribution is -0.138. The van der Waals surface area contributed by atoms with Crippen LogP contribution in [0.25, 0.3) is 17.0 Å². The van der Waals surface area contributed by atoms with Gasteiger partial charge in [-0.1, -0.05) is 17.4 Å². The molecule has 4 heterocycles. The summed E-state index contributed by atoms with van der Waals surface area (Å²) in [5.41, 5.74) is 2.14. The molecular weight excluding hydrogens is 433 g/mol. The number of pyridine rings is 1. The molecule has 1 aliphatic heterocycles. The number of aromatic nitrogens is 6. The second-order valence-corrected chi connectivity index (χ2v) is 8.44. The van der Waals surface area contributed by atoms with Gasteiger partial charge < -0.3 is 10.6 Å². The Morgan fingerprint density at radius 1 is 1.15 bits per heavy atom. The molecule has 1 aliphatic carbocycles. The van der Waals surface area contributed by atoms with Gasteiger partial charge in [0.05, 0.1) is 23.3 Å². The second kappa shape index (κ2) is 8.22. The van der Waals surface area contributed by atoms with Crippen LogP contribution >= 0.6 is 0 Å². The fourth-order valence-electron chi connectivity index (χ4n) is 4.27. The van der Waals surface area contributed by atoms with Crippen LogP contribution < -0.4 is 10.6 Å². The lowest BCUT2D eigenvalue weighted by Crippen LogP contribution is -2.43. The van der Waals surface area contributed by atoms with E-state index in [0.717, 1.165) is 24.7 Å². The highest BCUT2D eigenvalue weighted by Crippen LogP contribution is 2.39. The van der Waals surface area contributed by atoms with Crippen molar-refractivity contribution in [1.29, 1.82) is 0 Å². The maximum atomic E-state index is 13.8. The molecule has 2 N–H and O–H groups in total. The van der Waals surface area contributed by atoms with Crippen LogP contribution in [0, 0.1) is 0 Å². The van der Waals surface area contributed by atoms with Crippen LogP contribution in [-0.4, -0.2) is 48.6 Å². The van der Waals surface area contributed by atoms with Crippen molar-refractivity contribution in [3.8, 4) is 11.4 Å². The summed E-state index contributed by atoms with van der Waals surface area (Å²) >= 11 is 0. The minimum absolute atomic E-state index is 0.0624. The minimum atomic E-state index is -4.58. The van der Waals surface area contributed by atoms with E-state index in [2.05, 4.69) is 42.8 Å². The molecule has 0 unspecified atom stereocenters. The van der Waals surface area contributed by atoms with Crippen molar-refractivity contribution in [3.63, 3.8) is 0 Å². The van der Waals surface area contributed by atoms with Crippen molar-refractivity contribution in [1.82, 2.24) is 35.3 Å². The number of piperidine rings is 1. The molecule has 0 spiro atoms. The number of hydrogen-bond acceptors (Lipinski definition) is 7. The smallest absolute Gasteiger partial charge is 0.350 e. The maximum Gasteiger partial charge on any atom is 0.419 e. The van der Waals surface area contributed by atoms with E-state index in [1.165, 1.54) is 0 Å². The first kappa shape index (κ1) is 21.5. The molecule has 172 valence electrons. The van der Waals surface area contributed by atoms with E-state index in [4.69, 9.17) is 0 Å². The highest BCUT2D eigenvalue weighted by atomic mass is 19.4. The Labute approximate surface area is 188 Å². The van der Waals surface area contributed by atoms with Crippen LogP contribution in [0.2, 0.25) is 0 Å². The number of aryl methyl sites for hydroxylation is 1. The molecule has 0 aromatic carbocycles. The molecule has 0 bridgehead atoms. The zero-order valence-electron chi connectivity index (χ0n) is 18.2. The predicted octanol–water partition coefficient (Wildman–Crippen LogP) is 3.23. The molecule has 8 nitrogen and oxygen atoms in total. The fraction of sp³-hybridized carbons (Fsp3) is 0.409. The van der Waals surface area contributed by atoms with Crippen LogP contribution in [0.4, 0.5) is 19.1 Å². The van der Waals surface area contributed by atoms with Crippen molar-refractivity contribution >= 4 is 11.5 Å². The number of fused-ring (bicyclic) bond motifs is 1. The molecule has 0 radical (unpaired) electrons. The Bertz CT molecular complexity index is 1210. The zero-order valence-corrected chi connectivity index (χ0v) is 18.2. The molecule has 2 aliphatic rings. The summed E-state index contributed by atoms with van der Waals surface area (Å²) in [6.45, 7) is 2.82. The number of allylic oxidation sites excluding steroid dienone is 1. The van der Waals surface area contributed by atoms with E-state index in [9.17, 15) is 13.2 Å². The molecular formula is C22H23F3N8. The zero-order chi connectivity index (χ0) is 23.2. The summed E-state index contributed by atoms with van der Waals surface area (Å²) in [5, 5.41) is 14.3. The summed E-state index contributed by atoms with van der Waals surface area (Å²) in [7, 11) is 1.76. The number of hydrogen-bond donors (Lipinski definition) is 2. The standard InChI is InChI=1S/C22H23F3N8/c1-12-3-4-13(9-26-12)29-21-27-10-16(22(23,24)25)20(31-21)15-6-7-17-14(15)5-8-18(30-17)19-11-28-32-33(19)2/h5-6,8,10-13,26H,3-4,7,9H2,1-2H3,(H,27,29,31)/t12-,13-/m0/s1. The van der Waals surface area contributed by atoms with Crippen LogP contribution in [0.5, 0.6) is 0 Å². The van der Waals surface area contributed by atoms with Gasteiger partial charge in [0.1, 0.15) is 11.3 Å². The largest absolute Gasteiger partial charge is 0.419 e. The number of nitrogens with one attached hydrogen (secondary N) is 2. The van der Waals surface area contributed by atoms with E-state index in [0.29, 0.717) is 41.5 Å². The lowest BCUT2D eigenvalue weighted by Gasteiger charge is -2.28. The number of alkyl halides is 3. The van der Waals surface area contributed by atoms with Gasteiger partial charge in [0.2, 0.25) is 5.95 Å². The number of halogens is 3. The van der Waals surface area contributed by atoms with Crippen LogP contribution in [-0.2, 0) is 19.6 Å². The average molecular weight is 456 g/mol. The van der Waals surface area contributed by atoms with Gasteiger partial charge in [-0.15, -0.1) is 5.10 Å². The van der Waals surface area contributed by atoms with Crippen LogP contribution in [0.3, 0.4) is 0 Å². The molecule has 1 fully saturated rings. The Balaban J connectivity index is 1.49. The Kier molecular flexibility index (Phi) is 5.35. The molecule has 3 aromatic rings. The van der Waals surface area contributed by atoms with Crippen molar-refractivity contribution in [2.75, 3.05) is 11.9 Å². The topological polar surface area (TPSA) is 93.4 Å². The number of rotatable bonds is 4. The summed E-state index contributed by atoms with van der Waals surface area (Å²) < 4.78 is 43.1. The summed E-state index contributed by atoms with van der Waals surface area (Å²) in [4.78, 5) is 12.9. The first-order chi connectivity index (χ1) is 15.8. The first-order valence-electron chi connectivity index (χ1n) is 10.8. The SMILES string of the molecule is C[C@H]1CC[C@H](Nc2ncc(C(F)(F)F)c(C3=CCc4nc(-c5cnnn5C)ccc43)n2)CN1. The average Bonchev–Trinajstić information content (AvgIpc) is 3.40. The van der Waals surface area contributed by atoms with E-state index < -0.39 is 11.7 Å². The monoisotopic (exact) mass is 456 g/mol. The summed E-state index contributed by atoms with van der Waals surface area (Å²) in [6.07, 6.45) is 1.92. The molecule has 5 rings (SSSR count). The van der Waals surface area contributed by atoms with E-state index in [-0.39, 0.29) is 17.7 Å². The van der Waals surface area contributed by atoms with E-state index in [1.807, 2.05) is 0 Å². The predicted molar refractivity (Wildman–Crippen MR) is 116 cm³/mol. The van der Waals surface area contributed by atoms with Crippen molar-refractivity contribution in [2.45, 2.75) is 44.4 Å². The van der Waals surface area contributed by atoms with Gasteiger partial charge in [-0.25, -0.2) is 14.6 Å². The van der Waals surface area contributed by atoms with Gasteiger partial charge >= 0.3 is 6.18 Å². The van der Waals surface area contributed by atoms with Gasteiger partial charge in [0, 0.05) is 49.4 Å². The molecule has 0 saturated carbocycles. The number of anilines is 1. The van der Waals surface area contributed by atoms with Crippen LogP contribution in [0.1, 0.15) is 42.3 Å². The Hall–Kier alpha value is -3.34. The van der Waals surface area contributed by atoms with E-state index >= 15 is 0 Å². The Morgan fingerprint density at radius 2 is 2.00 bits per heavy atom. The maximum absolute atomic E-state index is 13.8. The molecule has 2 atom stereocenters. The minimum Gasteiger partial charge on any atom is -0.350 e. The molecule has 1 saturated heterocycles. The van der Waals surface area contributed by atoms with Crippen LogP contribution in [0.15, 0.2) is 30.6 Å². The van der Waals surface area contributed by atoms with Crippen molar-refractivity contribution < 1.29 is 13.2 Å². The first-order valence-corrected chi connectivity index (χ1v) is 10.8. The van der Waals surface area contributed by atoms with Gasteiger partial charge in [-0.3, -0.25) is 4.98 Å². The highest BCUT2D eigenvalue weighted by molar-refractivity contribution is 5.84. The molecule has 3 aromatic heterocycles. The third-order valence-electron chi connectivity index (χ3n) is 6.08. The summed E-state index contributed by atoms with van der Waals surface area (Å²) in [6, 6.07) is 4.03. The highest BCUT2D eigenvalue weighted by Gasteiger charge is 2.37. The van der Waals surface area contributed by atoms with E-state index in [1.54, 1.807) is 36.1 Å². The fourth-order valence-corrected chi connectivity index (χ4v) is 4.27. The third-order valence-corrected chi connectivity index (χ3v) is 6.08. The van der Waals surface area contributed by atoms with Gasteiger partial charge in [-0.2, -0.15) is 13.2 Å². The quantitative estimate of drug-likeness (QED) is 0.623. The normalized spacial score (nSPS) is 20.5. The molecule has 33 heavy (non-hydrogen) atoms. The second-order valence-electron chi connectivity index (χ2n) is 8.44. The Morgan fingerprint density at radius 3 is 2.70 bits per heavy atom. The van der Waals surface area contributed by atoms with Gasteiger partial charge in [0.15, 0.2) is 0 Å². The molecule has 11 heteroatoms. The van der Waals surface area contributed by atoms with Gasteiger partial charge in [-0.05, 0) is 25.8 Å². The third kappa shape index (κ3) is 4.20. The number of nitrogens with zero attached hydrogens (tertiary/aromatic N) is 6.